The lowest BCUT2D eigenvalue weighted by atomic mass is 9.70. The maximum Gasteiger partial charge on any atom is 0.123 e. The van der Waals surface area contributed by atoms with Crippen LogP contribution in [0.15, 0.2) is 23.8 Å². The zero-order valence-corrected chi connectivity index (χ0v) is 18.6. The highest BCUT2D eigenvalue weighted by Gasteiger charge is 2.35. The van der Waals surface area contributed by atoms with E-state index in [9.17, 15) is 15.3 Å². The first-order valence-corrected chi connectivity index (χ1v) is 11.0. The number of unbranched alkanes of at least 4 members (excludes halogenated alkanes) is 3. The van der Waals surface area contributed by atoms with Crippen molar-refractivity contribution in [1.29, 1.82) is 0 Å². The summed E-state index contributed by atoms with van der Waals surface area (Å²) in [7, 11) is 0. The van der Waals surface area contributed by atoms with E-state index in [2.05, 4.69) is 34.6 Å². The highest BCUT2D eigenvalue weighted by molar-refractivity contribution is 5.52. The molecule has 2 unspecified atom stereocenters. The van der Waals surface area contributed by atoms with Gasteiger partial charge in [-0.15, -0.1) is 0 Å². The van der Waals surface area contributed by atoms with E-state index in [0.717, 1.165) is 24.0 Å². The van der Waals surface area contributed by atoms with Crippen molar-refractivity contribution in [2.45, 2.75) is 97.5 Å². The van der Waals surface area contributed by atoms with Crippen LogP contribution in [0.5, 0.6) is 11.5 Å². The van der Waals surface area contributed by atoms with Gasteiger partial charge in [0.25, 0.3) is 0 Å². The van der Waals surface area contributed by atoms with Crippen molar-refractivity contribution >= 4 is 0 Å². The van der Waals surface area contributed by atoms with Gasteiger partial charge in [-0.05, 0) is 60.3 Å². The van der Waals surface area contributed by atoms with Crippen LogP contribution in [0.2, 0.25) is 0 Å². The SMILES string of the molecule is CCCCCCC(C)(C)c1cc(O)c(C2C=C(C)C(O)C[C@H]2C(C)C)c(O)c1. The molecule has 158 valence electrons. The molecule has 0 radical (unpaired) electrons. The topological polar surface area (TPSA) is 60.7 Å². The number of phenols is 2. The van der Waals surface area contributed by atoms with Crippen molar-refractivity contribution in [3.63, 3.8) is 0 Å². The Bertz CT molecular complexity index is 664. The van der Waals surface area contributed by atoms with E-state index < -0.39 is 6.10 Å². The van der Waals surface area contributed by atoms with Crippen molar-refractivity contribution < 1.29 is 15.3 Å². The van der Waals surface area contributed by atoms with Gasteiger partial charge in [-0.2, -0.15) is 0 Å². The van der Waals surface area contributed by atoms with Gasteiger partial charge in [-0.25, -0.2) is 0 Å². The lowest BCUT2D eigenvalue weighted by molar-refractivity contribution is 0.139. The minimum Gasteiger partial charge on any atom is -0.507 e. The maximum absolute atomic E-state index is 10.9. The van der Waals surface area contributed by atoms with Gasteiger partial charge in [0.1, 0.15) is 11.5 Å². The predicted octanol–water partition coefficient (Wildman–Crippen LogP) is 6.41. The van der Waals surface area contributed by atoms with E-state index in [0.29, 0.717) is 17.9 Å². The highest BCUT2D eigenvalue weighted by Crippen LogP contribution is 2.48. The number of phenolic OH excluding ortho intramolecular Hbond substituents is 2. The second-order valence-corrected chi connectivity index (χ2v) is 9.72. The first-order chi connectivity index (χ1) is 13.1. The number of rotatable bonds is 8. The summed E-state index contributed by atoms with van der Waals surface area (Å²) in [6, 6.07) is 3.70. The molecule has 0 amide bonds. The molecule has 0 saturated heterocycles. The lowest BCUT2D eigenvalue weighted by Gasteiger charge is -2.36. The molecule has 0 aromatic heterocycles. The van der Waals surface area contributed by atoms with Crippen molar-refractivity contribution in [2.75, 3.05) is 0 Å². The van der Waals surface area contributed by atoms with Crippen LogP contribution in [0, 0.1) is 11.8 Å². The molecule has 3 nitrogen and oxygen atoms in total. The van der Waals surface area contributed by atoms with Crippen LogP contribution in [0.1, 0.15) is 97.1 Å². The van der Waals surface area contributed by atoms with Crippen molar-refractivity contribution in [3.05, 3.63) is 34.9 Å². The van der Waals surface area contributed by atoms with E-state index in [-0.39, 0.29) is 28.7 Å². The third-order valence-electron chi connectivity index (χ3n) is 6.69. The Labute approximate surface area is 171 Å². The Morgan fingerprint density at radius 2 is 1.68 bits per heavy atom. The Morgan fingerprint density at radius 3 is 2.21 bits per heavy atom. The number of hydrogen-bond donors (Lipinski definition) is 3. The van der Waals surface area contributed by atoms with Gasteiger partial charge < -0.3 is 15.3 Å². The smallest absolute Gasteiger partial charge is 0.123 e. The van der Waals surface area contributed by atoms with Crippen LogP contribution >= 0.6 is 0 Å². The molecular weight excluding hydrogens is 348 g/mol. The first-order valence-electron chi connectivity index (χ1n) is 11.0. The van der Waals surface area contributed by atoms with Gasteiger partial charge in [0, 0.05) is 11.5 Å². The first kappa shape index (κ1) is 22.8. The van der Waals surface area contributed by atoms with E-state index in [4.69, 9.17) is 0 Å². The van der Waals surface area contributed by atoms with Gasteiger partial charge in [-0.1, -0.05) is 66.4 Å². The van der Waals surface area contributed by atoms with Gasteiger partial charge in [-0.3, -0.25) is 0 Å². The molecule has 0 spiro atoms. The molecule has 0 heterocycles. The summed E-state index contributed by atoms with van der Waals surface area (Å²) in [4.78, 5) is 0. The van der Waals surface area contributed by atoms with Crippen LogP contribution in [0.25, 0.3) is 0 Å². The molecule has 0 saturated carbocycles. The predicted molar refractivity (Wildman–Crippen MR) is 117 cm³/mol. The summed E-state index contributed by atoms with van der Waals surface area (Å²) in [6.07, 6.45) is 8.14. The van der Waals surface area contributed by atoms with Crippen LogP contribution < -0.4 is 0 Å². The molecule has 2 rings (SSSR count). The van der Waals surface area contributed by atoms with Crippen LogP contribution in [-0.2, 0) is 5.41 Å². The molecule has 0 bridgehead atoms. The third kappa shape index (κ3) is 5.11. The van der Waals surface area contributed by atoms with E-state index in [1.54, 1.807) is 0 Å². The molecule has 1 aromatic carbocycles. The van der Waals surface area contributed by atoms with E-state index in [1.807, 2.05) is 25.1 Å². The normalized spacial score (nSPS) is 23.1. The minimum absolute atomic E-state index is 0.0786. The average Bonchev–Trinajstić information content (AvgIpc) is 2.60. The number of aliphatic hydroxyl groups is 1. The number of allylic oxidation sites excluding steroid dienone is 1. The molecule has 1 aliphatic carbocycles. The molecule has 3 heteroatoms. The fourth-order valence-corrected chi connectivity index (χ4v) is 4.59. The van der Waals surface area contributed by atoms with Crippen LogP contribution in [-0.4, -0.2) is 21.4 Å². The van der Waals surface area contributed by atoms with Crippen LogP contribution in [0.4, 0.5) is 0 Å². The molecule has 0 aliphatic heterocycles. The van der Waals surface area contributed by atoms with Gasteiger partial charge in [0.2, 0.25) is 0 Å². The Morgan fingerprint density at radius 1 is 1.07 bits per heavy atom. The summed E-state index contributed by atoms with van der Waals surface area (Å²) in [5.74, 6) is 0.798. The molecule has 28 heavy (non-hydrogen) atoms. The average molecular weight is 389 g/mol. The number of hydrogen-bond acceptors (Lipinski definition) is 3. The summed E-state index contributed by atoms with van der Waals surface area (Å²) >= 11 is 0. The van der Waals surface area contributed by atoms with Crippen LogP contribution in [0.3, 0.4) is 0 Å². The monoisotopic (exact) mass is 388 g/mol. The number of aliphatic hydroxyl groups excluding tert-OH is 1. The zero-order chi connectivity index (χ0) is 21.1. The summed E-state index contributed by atoms with van der Waals surface area (Å²) in [5.41, 5.74) is 2.42. The Balaban J connectivity index is 2.35. The maximum atomic E-state index is 10.9. The molecule has 1 aromatic rings. The molecular formula is C25H40O3. The van der Waals surface area contributed by atoms with Crippen molar-refractivity contribution in [2.24, 2.45) is 11.8 Å². The quantitative estimate of drug-likeness (QED) is 0.356. The van der Waals surface area contributed by atoms with Crippen molar-refractivity contribution in [1.82, 2.24) is 0 Å². The summed E-state index contributed by atoms with van der Waals surface area (Å²) < 4.78 is 0. The van der Waals surface area contributed by atoms with E-state index in [1.165, 1.54) is 19.3 Å². The largest absolute Gasteiger partial charge is 0.507 e. The standard InChI is InChI=1S/C25H40O3/c1-7-8-9-10-11-25(5,6)18-13-22(27)24(23(28)14-18)20-12-17(4)21(26)15-19(20)16(2)3/h12-14,16,19-21,26-28H,7-11,15H2,1-6H3/t19-,20?,21?/m0/s1. The fraction of sp³-hybridized carbons (Fsp3) is 0.680. The lowest BCUT2D eigenvalue weighted by Crippen LogP contribution is -2.29. The van der Waals surface area contributed by atoms with Crippen molar-refractivity contribution in [3.8, 4) is 11.5 Å². The Hall–Kier alpha value is -1.48. The third-order valence-corrected chi connectivity index (χ3v) is 6.69. The van der Waals surface area contributed by atoms with E-state index >= 15 is 0 Å². The highest BCUT2D eigenvalue weighted by atomic mass is 16.3. The number of aromatic hydroxyl groups is 2. The molecule has 3 N–H and O–H groups in total. The molecule has 1 aliphatic rings. The number of benzene rings is 1. The zero-order valence-electron chi connectivity index (χ0n) is 18.6. The van der Waals surface area contributed by atoms with Gasteiger partial charge in [0.15, 0.2) is 0 Å². The minimum atomic E-state index is -0.436. The second kappa shape index (κ2) is 9.35. The summed E-state index contributed by atoms with van der Waals surface area (Å²) in [5, 5.41) is 32.1. The van der Waals surface area contributed by atoms with Gasteiger partial charge >= 0.3 is 0 Å². The second-order valence-electron chi connectivity index (χ2n) is 9.72. The van der Waals surface area contributed by atoms with Gasteiger partial charge in [0.05, 0.1) is 6.10 Å². The summed E-state index contributed by atoms with van der Waals surface area (Å²) in [6.45, 7) is 12.8. The Kier molecular flexibility index (Phi) is 7.61. The molecule has 0 fully saturated rings. The fourth-order valence-electron chi connectivity index (χ4n) is 4.59. The molecule has 3 atom stereocenters.